The van der Waals surface area contributed by atoms with Crippen LogP contribution in [0.25, 0.3) is 0 Å². The molecule has 1 unspecified atom stereocenters. The Morgan fingerprint density at radius 2 is 1.41 bits per heavy atom. The second kappa shape index (κ2) is 17.4. The standard InChI is InChI=1S/C24H41NO7/c1-3-5-7-9-11-13-22(27)30-17-19(32-23(28)14-12-10-8-6-4-2)18-31-24(29)20-15-16-21(26)25-20/h19-20H,3-18H2,1-2H3,(H,25,26)/t19?,20-/m0/s1. The Bertz CT molecular complexity index is 579. The Morgan fingerprint density at radius 1 is 0.844 bits per heavy atom. The highest BCUT2D eigenvalue weighted by molar-refractivity contribution is 5.88. The molecule has 0 aliphatic carbocycles. The Balaban J connectivity index is 2.42. The van der Waals surface area contributed by atoms with E-state index in [9.17, 15) is 19.2 Å². The molecule has 0 spiro atoms. The Kier molecular flexibility index (Phi) is 15.2. The minimum atomic E-state index is -0.858. The topological polar surface area (TPSA) is 108 Å². The van der Waals surface area contributed by atoms with Gasteiger partial charge in [-0.15, -0.1) is 0 Å². The van der Waals surface area contributed by atoms with Crippen molar-refractivity contribution < 1.29 is 33.4 Å². The zero-order valence-corrected chi connectivity index (χ0v) is 19.8. The number of rotatable bonds is 18. The number of amides is 1. The van der Waals surface area contributed by atoms with Crippen LogP contribution in [0.1, 0.15) is 104 Å². The Morgan fingerprint density at radius 3 is 1.97 bits per heavy atom. The van der Waals surface area contributed by atoms with Gasteiger partial charge in [-0.05, 0) is 19.3 Å². The lowest BCUT2D eigenvalue weighted by molar-refractivity contribution is -0.167. The average molecular weight is 456 g/mol. The summed E-state index contributed by atoms with van der Waals surface area (Å²) in [6, 6.07) is -0.678. The largest absolute Gasteiger partial charge is 0.462 e. The van der Waals surface area contributed by atoms with Crippen molar-refractivity contribution in [2.24, 2.45) is 0 Å². The SMILES string of the molecule is CCCCCCCC(=O)OCC(COC(=O)[C@@H]1CCC(=O)N1)OC(=O)CCCCCCC. The van der Waals surface area contributed by atoms with E-state index in [2.05, 4.69) is 19.2 Å². The first-order valence-corrected chi connectivity index (χ1v) is 12.3. The van der Waals surface area contributed by atoms with Gasteiger partial charge in [0.25, 0.3) is 0 Å². The van der Waals surface area contributed by atoms with Gasteiger partial charge in [0.05, 0.1) is 0 Å². The van der Waals surface area contributed by atoms with Crippen LogP contribution in [0.2, 0.25) is 0 Å². The molecule has 1 heterocycles. The van der Waals surface area contributed by atoms with Crippen LogP contribution in [0.15, 0.2) is 0 Å². The number of carbonyl (C=O) groups is 4. The summed E-state index contributed by atoms with van der Waals surface area (Å²) in [5.74, 6) is -1.51. The van der Waals surface area contributed by atoms with Gasteiger partial charge in [-0.1, -0.05) is 65.2 Å². The first-order valence-electron chi connectivity index (χ1n) is 12.3. The van der Waals surface area contributed by atoms with Gasteiger partial charge in [-0.3, -0.25) is 14.4 Å². The van der Waals surface area contributed by atoms with E-state index in [4.69, 9.17) is 14.2 Å². The van der Waals surface area contributed by atoms with Crippen molar-refractivity contribution in [2.45, 2.75) is 116 Å². The number of unbranched alkanes of at least 4 members (excludes halogenated alkanes) is 8. The summed E-state index contributed by atoms with van der Waals surface area (Å²) in [7, 11) is 0. The third kappa shape index (κ3) is 13.3. The highest BCUT2D eigenvalue weighted by Crippen LogP contribution is 2.11. The number of nitrogens with one attached hydrogen (secondary N) is 1. The highest BCUT2D eigenvalue weighted by Gasteiger charge is 2.29. The average Bonchev–Trinajstić information content (AvgIpc) is 3.21. The molecular weight excluding hydrogens is 414 g/mol. The van der Waals surface area contributed by atoms with Gasteiger partial charge in [-0.25, -0.2) is 4.79 Å². The molecule has 1 saturated heterocycles. The van der Waals surface area contributed by atoms with Crippen molar-refractivity contribution in [3.63, 3.8) is 0 Å². The van der Waals surface area contributed by atoms with E-state index >= 15 is 0 Å². The molecule has 1 amide bonds. The molecule has 8 nitrogen and oxygen atoms in total. The summed E-state index contributed by atoms with van der Waals surface area (Å²) < 4.78 is 15.9. The van der Waals surface area contributed by atoms with Gasteiger partial charge < -0.3 is 19.5 Å². The van der Waals surface area contributed by atoms with Crippen molar-refractivity contribution in [3.05, 3.63) is 0 Å². The van der Waals surface area contributed by atoms with E-state index in [1.807, 2.05) is 0 Å². The van der Waals surface area contributed by atoms with Crippen molar-refractivity contribution in [2.75, 3.05) is 13.2 Å². The van der Waals surface area contributed by atoms with Gasteiger partial charge in [-0.2, -0.15) is 0 Å². The molecule has 2 atom stereocenters. The van der Waals surface area contributed by atoms with E-state index < -0.39 is 24.1 Å². The molecule has 0 bridgehead atoms. The molecule has 0 radical (unpaired) electrons. The molecule has 1 aliphatic rings. The van der Waals surface area contributed by atoms with Crippen LogP contribution < -0.4 is 5.32 Å². The fraction of sp³-hybridized carbons (Fsp3) is 0.833. The fourth-order valence-electron chi connectivity index (χ4n) is 3.43. The second-order valence-corrected chi connectivity index (χ2v) is 8.41. The number of carbonyl (C=O) groups excluding carboxylic acids is 4. The summed E-state index contributed by atoms with van der Waals surface area (Å²) in [6.07, 6.45) is 10.6. The third-order valence-electron chi connectivity index (χ3n) is 5.39. The van der Waals surface area contributed by atoms with Crippen molar-refractivity contribution >= 4 is 23.8 Å². The third-order valence-corrected chi connectivity index (χ3v) is 5.39. The van der Waals surface area contributed by atoms with Crippen LogP contribution in [0.5, 0.6) is 0 Å². The van der Waals surface area contributed by atoms with Gasteiger partial charge in [0.1, 0.15) is 19.3 Å². The summed E-state index contributed by atoms with van der Waals surface area (Å²) in [6.45, 7) is 3.90. The summed E-state index contributed by atoms with van der Waals surface area (Å²) >= 11 is 0. The first-order chi connectivity index (χ1) is 15.5. The highest BCUT2D eigenvalue weighted by atomic mass is 16.6. The van der Waals surface area contributed by atoms with Crippen molar-refractivity contribution in [3.8, 4) is 0 Å². The number of esters is 3. The van der Waals surface area contributed by atoms with Crippen molar-refractivity contribution in [1.29, 1.82) is 0 Å². The molecule has 32 heavy (non-hydrogen) atoms. The lowest BCUT2D eigenvalue weighted by Crippen LogP contribution is -2.37. The van der Waals surface area contributed by atoms with E-state index in [0.717, 1.165) is 64.2 Å². The molecular formula is C24H41NO7. The van der Waals surface area contributed by atoms with Crippen LogP contribution in [0.3, 0.4) is 0 Å². The normalized spacial score (nSPS) is 16.3. The molecule has 0 aromatic rings. The number of hydrogen-bond donors (Lipinski definition) is 1. The summed E-state index contributed by atoms with van der Waals surface area (Å²) in [5, 5.41) is 2.54. The number of hydrogen-bond acceptors (Lipinski definition) is 7. The molecule has 1 N–H and O–H groups in total. The second-order valence-electron chi connectivity index (χ2n) is 8.41. The van der Waals surface area contributed by atoms with Crippen LogP contribution >= 0.6 is 0 Å². The maximum absolute atomic E-state index is 12.2. The lowest BCUT2D eigenvalue weighted by Gasteiger charge is -2.19. The van der Waals surface area contributed by atoms with E-state index in [1.165, 1.54) is 0 Å². The van der Waals surface area contributed by atoms with Crippen LogP contribution in [0, 0.1) is 0 Å². The van der Waals surface area contributed by atoms with Crippen LogP contribution in [-0.4, -0.2) is 49.2 Å². The molecule has 1 rings (SSSR count). The molecule has 0 aromatic carbocycles. The maximum Gasteiger partial charge on any atom is 0.328 e. The maximum atomic E-state index is 12.2. The fourth-order valence-corrected chi connectivity index (χ4v) is 3.43. The predicted molar refractivity (Wildman–Crippen MR) is 120 cm³/mol. The first kappa shape index (κ1) is 27.9. The van der Waals surface area contributed by atoms with Crippen molar-refractivity contribution in [1.82, 2.24) is 5.32 Å². The van der Waals surface area contributed by atoms with Gasteiger partial charge in [0.15, 0.2) is 6.10 Å². The summed E-state index contributed by atoms with van der Waals surface area (Å²) in [4.78, 5) is 47.6. The van der Waals surface area contributed by atoms with Crippen LogP contribution in [0.4, 0.5) is 0 Å². The minimum Gasteiger partial charge on any atom is -0.462 e. The lowest BCUT2D eigenvalue weighted by atomic mass is 10.1. The van der Waals surface area contributed by atoms with Gasteiger partial charge in [0, 0.05) is 19.3 Å². The van der Waals surface area contributed by atoms with E-state index in [1.54, 1.807) is 0 Å². The Hall–Kier alpha value is -2.12. The molecule has 0 saturated carbocycles. The zero-order chi connectivity index (χ0) is 23.6. The smallest absolute Gasteiger partial charge is 0.328 e. The number of ether oxygens (including phenoxy) is 3. The Labute approximate surface area is 192 Å². The summed E-state index contributed by atoms with van der Waals surface area (Å²) in [5.41, 5.74) is 0. The minimum absolute atomic E-state index is 0.153. The molecule has 1 aliphatic heterocycles. The molecule has 0 aromatic heterocycles. The quantitative estimate of drug-likeness (QED) is 0.189. The van der Waals surface area contributed by atoms with E-state index in [0.29, 0.717) is 12.8 Å². The van der Waals surface area contributed by atoms with Gasteiger partial charge >= 0.3 is 17.9 Å². The predicted octanol–water partition coefficient (Wildman–Crippen LogP) is 3.98. The van der Waals surface area contributed by atoms with Gasteiger partial charge in [0.2, 0.25) is 5.91 Å². The zero-order valence-electron chi connectivity index (χ0n) is 19.8. The van der Waals surface area contributed by atoms with E-state index in [-0.39, 0.29) is 37.9 Å². The van der Waals surface area contributed by atoms with Crippen LogP contribution in [-0.2, 0) is 33.4 Å². The molecule has 1 fully saturated rings. The molecule has 8 heteroatoms. The monoisotopic (exact) mass is 455 g/mol. The molecule has 184 valence electrons.